The third-order valence-corrected chi connectivity index (χ3v) is 9.33. The van der Waals surface area contributed by atoms with Crippen LogP contribution in [-0.4, -0.2) is 77.4 Å². The average Bonchev–Trinajstić information content (AvgIpc) is 3.06. The van der Waals surface area contributed by atoms with Crippen LogP contribution in [-0.2, 0) is 23.9 Å². The molecule has 0 N–H and O–H groups in total. The van der Waals surface area contributed by atoms with Crippen LogP contribution in [0.3, 0.4) is 0 Å². The van der Waals surface area contributed by atoms with Crippen molar-refractivity contribution in [2.75, 3.05) is 33.3 Å². The largest absolute Gasteiger partial charge is 0.469 e. The molecule has 0 saturated carbocycles. The molecule has 2 aliphatic heterocycles. The van der Waals surface area contributed by atoms with E-state index in [2.05, 4.69) is 11.1 Å². The number of carbonyl (C=O) groups is 4. The molecule has 2 atom stereocenters. The van der Waals surface area contributed by atoms with Gasteiger partial charge in [0.05, 0.1) is 24.1 Å². The maximum Gasteiger partial charge on any atom is 0.410 e. The third kappa shape index (κ3) is 10.3. The van der Waals surface area contributed by atoms with Crippen LogP contribution in [0.25, 0.3) is 11.1 Å². The summed E-state index contributed by atoms with van der Waals surface area (Å²) in [4.78, 5) is 59.6. The molecule has 2 aromatic rings. The highest BCUT2D eigenvalue weighted by atomic mass is 35.5. The average molecular weight is 665 g/mol. The number of esters is 1. The summed E-state index contributed by atoms with van der Waals surface area (Å²) in [5, 5.41) is 9.76. The molecular formula is C36H45ClN4O6. The topological polar surface area (TPSA) is 130 Å². The molecule has 47 heavy (non-hydrogen) atoms. The minimum absolute atomic E-state index is 0.00887. The number of amides is 2. The summed E-state index contributed by atoms with van der Waals surface area (Å²) < 4.78 is 10.4. The van der Waals surface area contributed by atoms with Crippen molar-refractivity contribution >= 4 is 35.4 Å². The van der Waals surface area contributed by atoms with Gasteiger partial charge in [0.15, 0.2) is 0 Å². The minimum atomic E-state index is -0.527. The molecule has 0 spiro atoms. The summed E-state index contributed by atoms with van der Waals surface area (Å²) in [6.07, 6.45) is 7.44. The molecule has 2 aliphatic rings. The normalized spacial score (nSPS) is 17.8. The molecule has 2 fully saturated rings. The number of carbonyl (C=O) groups excluding carboxylic acids is 4. The van der Waals surface area contributed by atoms with E-state index in [1.54, 1.807) is 35.5 Å². The number of hydrogen-bond donors (Lipinski definition) is 0. The van der Waals surface area contributed by atoms with Crippen molar-refractivity contribution in [3.05, 3.63) is 52.8 Å². The first-order chi connectivity index (χ1) is 22.4. The Labute approximate surface area is 282 Å². The summed E-state index contributed by atoms with van der Waals surface area (Å²) >= 11 is 6.12. The molecule has 252 valence electrons. The van der Waals surface area contributed by atoms with E-state index in [0.29, 0.717) is 55.5 Å². The Morgan fingerprint density at radius 1 is 1.02 bits per heavy atom. The van der Waals surface area contributed by atoms with Crippen molar-refractivity contribution in [2.24, 2.45) is 11.8 Å². The summed E-state index contributed by atoms with van der Waals surface area (Å²) in [5.74, 6) is -0.765. The number of ketones is 1. The molecule has 10 nitrogen and oxygen atoms in total. The van der Waals surface area contributed by atoms with E-state index in [1.807, 2.05) is 31.7 Å². The predicted octanol–water partition coefficient (Wildman–Crippen LogP) is 6.55. The zero-order chi connectivity index (χ0) is 34.1. The van der Waals surface area contributed by atoms with E-state index in [1.165, 1.54) is 7.11 Å². The van der Waals surface area contributed by atoms with Crippen molar-refractivity contribution in [3.63, 3.8) is 0 Å². The summed E-state index contributed by atoms with van der Waals surface area (Å²) in [7, 11) is 1.32. The fourth-order valence-corrected chi connectivity index (χ4v) is 6.47. The molecular weight excluding hydrogens is 620 g/mol. The van der Waals surface area contributed by atoms with E-state index < -0.39 is 17.5 Å². The summed E-state index contributed by atoms with van der Waals surface area (Å²) in [5.41, 5.74) is 2.02. The monoisotopic (exact) mass is 664 g/mol. The first-order valence-electron chi connectivity index (χ1n) is 16.4. The molecule has 0 radical (unpaired) electrons. The van der Waals surface area contributed by atoms with Gasteiger partial charge >= 0.3 is 12.1 Å². The molecule has 2 saturated heterocycles. The first kappa shape index (κ1) is 35.9. The van der Waals surface area contributed by atoms with Gasteiger partial charge < -0.3 is 19.3 Å². The number of methoxy groups -OCH3 is 1. The third-order valence-electron chi connectivity index (χ3n) is 9.00. The lowest BCUT2D eigenvalue weighted by molar-refractivity contribution is -0.141. The number of nitriles is 1. The van der Waals surface area contributed by atoms with Gasteiger partial charge in [-0.3, -0.25) is 19.4 Å². The van der Waals surface area contributed by atoms with Crippen molar-refractivity contribution < 1.29 is 28.7 Å². The van der Waals surface area contributed by atoms with Crippen LogP contribution in [0.2, 0.25) is 5.02 Å². The SMILES string of the molecule is COC(=O)CC(CC(=O)[C@@H]1CCCN(C(=O)CCC2CCN(C(=O)OC(C)(C)C)CC2)C1)c1cncc(-c2ccc(Cl)c(C#N)c2)c1. The first-order valence-corrected chi connectivity index (χ1v) is 16.7. The fourth-order valence-electron chi connectivity index (χ4n) is 6.31. The molecule has 1 unspecified atom stereocenters. The van der Waals surface area contributed by atoms with E-state index in [0.717, 1.165) is 42.4 Å². The highest BCUT2D eigenvalue weighted by Crippen LogP contribution is 2.32. The van der Waals surface area contributed by atoms with Gasteiger partial charge in [-0.05, 0) is 88.1 Å². The van der Waals surface area contributed by atoms with E-state index in [4.69, 9.17) is 21.1 Å². The van der Waals surface area contributed by atoms with Crippen LogP contribution < -0.4 is 0 Å². The van der Waals surface area contributed by atoms with E-state index in [9.17, 15) is 24.4 Å². The Hall–Kier alpha value is -3.97. The van der Waals surface area contributed by atoms with Crippen LogP contribution in [0.15, 0.2) is 36.7 Å². The second-order valence-electron chi connectivity index (χ2n) is 13.6. The lowest BCUT2D eigenvalue weighted by Gasteiger charge is -2.35. The highest BCUT2D eigenvalue weighted by molar-refractivity contribution is 6.31. The number of likely N-dealkylation sites (tertiary alicyclic amines) is 2. The van der Waals surface area contributed by atoms with Gasteiger partial charge in [-0.1, -0.05) is 17.7 Å². The Bertz CT molecular complexity index is 1490. The van der Waals surface area contributed by atoms with Crippen molar-refractivity contribution in [3.8, 4) is 17.2 Å². The number of aromatic nitrogens is 1. The number of halogens is 1. The number of pyridine rings is 1. The number of nitrogens with zero attached hydrogens (tertiary/aromatic N) is 4. The number of Topliss-reactive ketones (excluding diaryl/α,β-unsaturated/α-hetero) is 1. The van der Waals surface area contributed by atoms with Crippen LogP contribution in [0.4, 0.5) is 4.79 Å². The van der Waals surface area contributed by atoms with Gasteiger partial charge in [0, 0.05) is 68.8 Å². The van der Waals surface area contributed by atoms with Crippen LogP contribution in [0, 0.1) is 23.2 Å². The van der Waals surface area contributed by atoms with E-state index in [-0.39, 0.29) is 36.5 Å². The van der Waals surface area contributed by atoms with Crippen molar-refractivity contribution in [1.29, 1.82) is 5.26 Å². The minimum Gasteiger partial charge on any atom is -0.469 e. The molecule has 11 heteroatoms. The van der Waals surface area contributed by atoms with Crippen LogP contribution in [0.5, 0.6) is 0 Å². The molecule has 0 bridgehead atoms. The maximum absolute atomic E-state index is 13.7. The zero-order valence-electron chi connectivity index (χ0n) is 27.8. The lowest BCUT2D eigenvalue weighted by Crippen LogP contribution is -2.43. The second-order valence-corrected chi connectivity index (χ2v) is 14.0. The number of ether oxygens (including phenoxy) is 2. The van der Waals surface area contributed by atoms with Gasteiger partial charge in [-0.15, -0.1) is 0 Å². The maximum atomic E-state index is 13.7. The quantitative estimate of drug-likeness (QED) is 0.262. The number of piperidine rings is 2. The second kappa shape index (κ2) is 16.2. The Morgan fingerprint density at radius 3 is 2.45 bits per heavy atom. The number of hydrogen-bond acceptors (Lipinski definition) is 8. The molecule has 1 aromatic heterocycles. The van der Waals surface area contributed by atoms with Gasteiger partial charge in [0.2, 0.25) is 5.91 Å². The Morgan fingerprint density at radius 2 is 1.77 bits per heavy atom. The standard InChI is InChI=1S/C36H45ClN4O6/c1-36(2,3)47-35(45)40-14-11-24(12-15-40)7-10-33(43)41-13-5-6-26(23-41)32(42)18-27(19-34(44)46-4)30-17-29(21-39-22-30)25-8-9-31(37)28(16-25)20-38/h8-9,16-17,21-22,24,26-27H,5-7,10-15,18-19,23H2,1-4H3/t26-,27?/m1/s1. The van der Waals surface area contributed by atoms with Gasteiger partial charge in [0.1, 0.15) is 17.5 Å². The number of benzene rings is 1. The fraction of sp³-hybridized carbons (Fsp3) is 0.556. The highest BCUT2D eigenvalue weighted by Gasteiger charge is 2.32. The molecule has 1 aromatic carbocycles. The van der Waals surface area contributed by atoms with Crippen LogP contribution in [0.1, 0.15) is 89.2 Å². The Kier molecular flexibility index (Phi) is 12.4. The van der Waals surface area contributed by atoms with Crippen molar-refractivity contribution in [1.82, 2.24) is 14.8 Å². The van der Waals surface area contributed by atoms with Gasteiger partial charge in [0.25, 0.3) is 0 Å². The zero-order valence-corrected chi connectivity index (χ0v) is 28.6. The van der Waals surface area contributed by atoms with Gasteiger partial charge in [-0.2, -0.15) is 5.26 Å². The smallest absolute Gasteiger partial charge is 0.410 e. The summed E-state index contributed by atoms with van der Waals surface area (Å²) in [6.45, 7) is 7.82. The van der Waals surface area contributed by atoms with Gasteiger partial charge in [-0.25, -0.2) is 4.79 Å². The predicted molar refractivity (Wildman–Crippen MR) is 177 cm³/mol. The van der Waals surface area contributed by atoms with Crippen LogP contribution >= 0.6 is 11.6 Å². The molecule has 0 aliphatic carbocycles. The van der Waals surface area contributed by atoms with Crippen molar-refractivity contribution in [2.45, 2.75) is 83.7 Å². The Balaban J connectivity index is 1.34. The molecule has 3 heterocycles. The molecule has 2 amide bonds. The lowest BCUT2D eigenvalue weighted by atomic mass is 9.84. The number of rotatable bonds is 10. The molecule has 4 rings (SSSR count). The van der Waals surface area contributed by atoms with E-state index >= 15 is 0 Å². The summed E-state index contributed by atoms with van der Waals surface area (Å²) in [6, 6.07) is 9.10.